The zero-order chi connectivity index (χ0) is 11.1. The van der Waals surface area contributed by atoms with Gasteiger partial charge in [0, 0.05) is 6.20 Å². The Kier molecular flexibility index (Phi) is 2.23. The van der Waals surface area contributed by atoms with Crippen LogP contribution < -0.4 is 5.32 Å². The summed E-state index contributed by atoms with van der Waals surface area (Å²) in [4.78, 5) is 4.51. The van der Waals surface area contributed by atoms with Crippen LogP contribution in [0.5, 0.6) is 0 Å². The Hall–Kier alpha value is -1.42. The molecular weight excluding hydrogens is 188 g/mol. The molecule has 0 aliphatic heterocycles. The van der Waals surface area contributed by atoms with Crippen molar-refractivity contribution < 1.29 is 0 Å². The second kappa shape index (κ2) is 3.31. The van der Waals surface area contributed by atoms with Gasteiger partial charge in [-0.1, -0.05) is 0 Å². The van der Waals surface area contributed by atoms with Crippen LogP contribution in [0.4, 0.5) is 0 Å². The maximum absolute atomic E-state index is 4.51. The molecule has 2 aromatic rings. The van der Waals surface area contributed by atoms with Crippen molar-refractivity contribution in [2.45, 2.75) is 26.3 Å². The lowest BCUT2D eigenvalue weighted by atomic mass is 10.1. The van der Waals surface area contributed by atoms with Gasteiger partial charge in [0.25, 0.3) is 0 Å². The lowest BCUT2D eigenvalue weighted by molar-refractivity contribution is 0.417. The van der Waals surface area contributed by atoms with E-state index >= 15 is 0 Å². The van der Waals surface area contributed by atoms with Crippen molar-refractivity contribution in [3.05, 3.63) is 29.7 Å². The minimum atomic E-state index is -0.195. The van der Waals surface area contributed by atoms with E-state index in [0.29, 0.717) is 0 Å². The van der Waals surface area contributed by atoms with Gasteiger partial charge < -0.3 is 5.32 Å². The quantitative estimate of drug-likeness (QED) is 0.806. The minimum Gasteiger partial charge on any atom is -0.308 e. The summed E-state index contributed by atoms with van der Waals surface area (Å²) in [5.74, 6) is 0.815. The monoisotopic (exact) mass is 204 g/mol. The summed E-state index contributed by atoms with van der Waals surface area (Å²) in [5.41, 5.74) is 1.90. The Morgan fingerprint density at radius 1 is 1.40 bits per heavy atom. The van der Waals surface area contributed by atoms with Crippen molar-refractivity contribution in [1.82, 2.24) is 19.9 Å². The van der Waals surface area contributed by atoms with Crippen LogP contribution in [0.1, 0.15) is 25.2 Å². The Morgan fingerprint density at radius 3 is 2.80 bits per heavy atom. The summed E-state index contributed by atoms with van der Waals surface area (Å²) in [6, 6.07) is 4.06. The first kappa shape index (κ1) is 10.1. The molecule has 0 radical (unpaired) electrons. The van der Waals surface area contributed by atoms with Crippen molar-refractivity contribution in [1.29, 1.82) is 0 Å². The van der Waals surface area contributed by atoms with E-state index in [9.17, 15) is 0 Å². The van der Waals surface area contributed by atoms with Gasteiger partial charge in [-0.3, -0.25) is 0 Å². The molecule has 0 aliphatic carbocycles. The summed E-state index contributed by atoms with van der Waals surface area (Å²) in [6.07, 6.45) is 1.94. The number of aromatic nitrogens is 3. The zero-order valence-corrected chi connectivity index (χ0v) is 9.57. The summed E-state index contributed by atoms with van der Waals surface area (Å²) in [6.45, 7) is 6.18. The Balaban J connectivity index is 2.56. The summed E-state index contributed by atoms with van der Waals surface area (Å²) < 4.78 is 1.81. The molecule has 80 valence electrons. The van der Waals surface area contributed by atoms with E-state index < -0.39 is 0 Å². The maximum atomic E-state index is 4.51. The molecule has 2 aromatic heterocycles. The number of nitrogens with zero attached hydrogens (tertiary/aromatic N) is 3. The molecule has 0 amide bonds. The van der Waals surface area contributed by atoms with Crippen LogP contribution >= 0.6 is 0 Å². The number of rotatable bonds is 2. The van der Waals surface area contributed by atoms with Gasteiger partial charge in [-0.25, -0.2) is 9.50 Å². The van der Waals surface area contributed by atoms with Gasteiger partial charge in [0.05, 0.1) is 5.54 Å². The third-order valence-electron chi connectivity index (χ3n) is 2.68. The molecule has 4 heteroatoms. The molecule has 0 spiro atoms. The second-order valence-corrected chi connectivity index (χ2v) is 4.32. The van der Waals surface area contributed by atoms with Crippen molar-refractivity contribution >= 4 is 5.65 Å². The van der Waals surface area contributed by atoms with Crippen molar-refractivity contribution in [2.24, 2.45) is 0 Å². The number of nitrogens with one attached hydrogen (secondary N) is 1. The molecule has 0 unspecified atom stereocenters. The highest BCUT2D eigenvalue weighted by molar-refractivity contribution is 5.40. The van der Waals surface area contributed by atoms with Crippen LogP contribution in [0.25, 0.3) is 5.65 Å². The molecule has 0 saturated heterocycles. The first-order valence-corrected chi connectivity index (χ1v) is 5.05. The highest BCUT2D eigenvalue weighted by Gasteiger charge is 2.23. The third kappa shape index (κ3) is 1.72. The zero-order valence-electron chi connectivity index (χ0n) is 9.57. The van der Waals surface area contributed by atoms with Gasteiger partial charge in [0.15, 0.2) is 11.5 Å². The van der Waals surface area contributed by atoms with Crippen LogP contribution in [-0.4, -0.2) is 21.6 Å². The molecule has 0 aromatic carbocycles. The molecule has 4 nitrogen and oxygen atoms in total. The van der Waals surface area contributed by atoms with Gasteiger partial charge in [-0.2, -0.15) is 0 Å². The van der Waals surface area contributed by atoms with Crippen LogP contribution in [0, 0.1) is 6.92 Å². The summed E-state index contributed by atoms with van der Waals surface area (Å²) in [7, 11) is 1.91. The number of hydrogen-bond acceptors (Lipinski definition) is 3. The molecule has 15 heavy (non-hydrogen) atoms. The number of aryl methyl sites for hydroxylation is 1. The van der Waals surface area contributed by atoms with E-state index in [1.54, 1.807) is 4.52 Å². The van der Waals surface area contributed by atoms with Gasteiger partial charge in [0.2, 0.25) is 0 Å². The normalized spacial score (nSPS) is 12.3. The number of pyridine rings is 1. The predicted molar refractivity (Wildman–Crippen MR) is 59.8 cm³/mol. The Morgan fingerprint density at radius 2 is 2.13 bits per heavy atom. The molecule has 2 heterocycles. The van der Waals surface area contributed by atoms with Crippen molar-refractivity contribution in [3.8, 4) is 0 Å². The average molecular weight is 204 g/mol. The Labute approximate surface area is 89.3 Å². The van der Waals surface area contributed by atoms with Gasteiger partial charge >= 0.3 is 0 Å². The second-order valence-electron chi connectivity index (χ2n) is 4.32. The SMILES string of the molecule is CNC(C)(C)c1nc2cc(C)ccn2n1. The molecule has 0 fully saturated rings. The number of hydrogen-bond donors (Lipinski definition) is 1. The largest absolute Gasteiger partial charge is 0.308 e. The van der Waals surface area contributed by atoms with E-state index in [2.05, 4.69) is 36.2 Å². The lowest BCUT2D eigenvalue weighted by Gasteiger charge is -2.19. The smallest absolute Gasteiger partial charge is 0.171 e. The molecule has 0 bridgehead atoms. The molecule has 0 saturated carbocycles. The average Bonchev–Trinajstić information content (AvgIpc) is 2.61. The van der Waals surface area contributed by atoms with E-state index in [4.69, 9.17) is 0 Å². The van der Waals surface area contributed by atoms with Crippen LogP contribution in [0.15, 0.2) is 18.3 Å². The van der Waals surface area contributed by atoms with E-state index in [-0.39, 0.29) is 5.54 Å². The van der Waals surface area contributed by atoms with Crippen molar-refractivity contribution in [2.75, 3.05) is 7.05 Å². The van der Waals surface area contributed by atoms with Crippen LogP contribution in [-0.2, 0) is 5.54 Å². The standard InChI is InChI=1S/C11H16N4/c1-8-5-6-15-9(7-8)13-10(14-15)11(2,3)12-4/h5-7,12H,1-4H3. The van der Waals surface area contributed by atoms with Crippen LogP contribution in [0.2, 0.25) is 0 Å². The fourth-order valence-corrected chi connectivity index (χ4v) is 1.36. The molecular formula is C11H16N4. The summed E-state index contributed by atoms with van der Waals surface area (Å²) in [5, 5.41) is 7.63. The first-order valence-electron chi connectivity index (χ1n) is 5.05. The fraction of sp³-hybridized carbons (Fsp3) is 0.455. The van der Waals surface area contributed by atoms with Crippen molar-refractivity contribution in [3.63, 3.8) is 0 Å². The Bertz CT molecular complexity index is 484. The maximum Gasteiger partial charge on any atom is 0.171 e. The van der Waals surface area contributed by atoms with E-state index in [1.165, 1.54) is 5.56 Å². The fourth-order valence-electron chi connectivity index (χ4n) is 1.36. The predicted octanol–water partition coefficient (Wildman–Crippen LogP) is 1.49. The number of fused-ring (bicyclic) bond motifs is 1. The molecule has 0 atom stereocenters. The lowest BCUT2D eigenvalue weighted by Crippen LogP contribution is -2.34. The van der Waals surface area contributed by atoms with Crippen LogP contribution in [0.3, 0.4) is 0 Å². The van der Waals surface area contributed by atoms with Gasteiger partial charge in [-0.15, -0.1) is 5.10 Å². The third-order valence-corrected chi connectivity index (χ3v) is 2.68. The molecule has 1 N–H and O–H groups in total. The van der Waals surface area contributed by atoms with Gasteiger partial charge in [0.1, 0.15) is 0 Å². The van der Waals surface area contributed by atoms with E-state index in [1.807, 2.05) is 25.4 Å². The summed E-state index contributed by atoms with van der Waals surface area (Å²) >= 11 is 0. The van der Waals surface area contributed by atoms with E-state index in [0.717, 1.165) is 11.5 Å². The highest BCUT2D eigenvalue weighted by Crippen LogP contribution is 2.16. The molecule has 2 rings (SSSR count). The topological polar surface area (TPSA) is 42.2 Å². The highest BCUT2D eigenvalue weighted by atomic mass is 15.3. The minimum absolute atomic E-state index is 0.195. The molecule has 0 aliphatic rings. The van der Waals surface area contributed by atoms with Gasteiger partial charge in [-0.05, 0) is 45.5 Å². The first-order chi connectivity index (χ1) is 7.03.